The molecule has 1 aromatic carbocycles. The normalized spacial score (nSPS) is 10.4. The molecule has 1 heterocycles. The number of nitrogens with two attached hydrogens (primary N) is 1. The Morgan fingerprint density at radius 1 is 1.28 bits per heavy atom. The van der Waals surface area contributed by atoms with Crippen LogP contribution >= 0.6 is 0 Å². The van der Waals surface area contributed by atoms with Crippen molar-refractivity contribution in [3.63, 3.8) is 0 Å². The van der Waals surface area contributed by atoms with Gasteiger partial charge in [0.25, 0.3) is 0 Å². The van der Waals surface area contributed by atoms with E-state index < -0.39 is 0 Å². The molecule has 2 rings (SSSR count). The summed E-state index contributed by atoms with van der Waals surface area (Å²) in [5.74, 6) is 0.473. The van der Waals surface area contributed by atoms with Gasteiger partial charge in [-0.25, -0.2) is 4.79 Å². The maximum Gasteiger partial charge on any atom is 0.338 e. The molecule has 0 saturated carbocycles. The topological polar surface area (TPSA) is 78.4 Å². The zero-order chi connectivity index (χ0) is 13.3. The second-order valence-corrected chi connectivity index (χ2v) is 4.09. The van der Waals surface area contributed by atoms with Crippen LogP contribution in [0.2, 0.25) is 0 Å². The van der Waals surface area contributed by atoms with Gasteiger partial charge in [0.1, 0.15) is 0 Å². The smallest absolute Gasteiger partial charge is 0.338 e. The molecule has 18 heavy (non-hydrogen) atoms. The Labute approximate surface area is 105 Å². The molecule has 94 valence electrons. The van der Waals surface area contributed by atoms with Gasteiger partial charge >= 0.3 is 5.97 Å². The Morgan fingerprint density at radius 3 is 2.56 bits per heavy atom. The zero-order valence-corrected chi connectivity index (χ0v) is 10.5. The van der Waals surface area contributed by atoms with Crippen molar-refractivity contribution in [3.05, 3.63) is 34.9 Å². The summed E-state index contributed by atoms with van der Waals surface area (Å²) in [7, 11) is 1.35. The maximum absolute atomic E-state index is 11.6. The van der Waals surface area contributed by atoms with Crippen molar-refractivity contribution >= 4 is 11.8 Å². The van der Waals surface area contributed by atoms with E-state index in [0.29, 0.717) is 17.1 Å². The van der Waals surface area contributed by atoms with Crippen LogP contribution in [0.3, 0.4) is 0 Å². The lowest BCUT2D eigenvalue weighted by Gasteiger charge is -2.08. The van der Waals surface area contributed by atoms with Crippen LogP contribution in [0, 0.1) is 13.8 Å². The Hall–Kier alpha value is -2.30. The fourth-order valence-corrected chi connectivity index (χ4v) is 1.86. The van der Waals surface area contributed by atoms with E-state index in [0.717, 1.165) is 16.7 Å². The van der Waals surface area contributed by atoms with Crippen molar-refractivity contribution in [1.29, 1.82) is 0 Å². The minimum absolute atomic E-state index is 0.310. The number of aromatic nitrogens is 1. The number of carbonyl (C=O) groups is 1. The van der Waals surface area contributed by atoms with E-state index >= 15 is 0 Å². The number of nitrogens with zero attached hydrogens (tertiary/aromatic N) is 1. The minimum atomic E-state index is -0.374. The average molecular weight is 246 g/mol. The summed E-state index contributed by atoms with van der Waals surface area (Å²) >= 11 is 0. The molecular formula is C13H14N2O3. The third-order valence-corrected chi connectivity index (χ3v) is 2.77. The van der Waals surface area contributed by atoms with E-state index in [2.05, 4.69) is 5.16 Å². The fraction of sp³-hybridized carbons (Fsp3) is 0.231. The summed E-state index contributed by atoms with van der Waals surface area (Å²) in [5, 5.41) is 3.64. The van der Waals surface area contributed by atoms with Gasteiger partial charge in [-0.05, 0) is 31.0 Å². The predicted molar refractivity (Wildman–Crippen MR) is 67.2 cm³/mol. The molecule has 0 spiro atoms. The van der Waals surface area contributed by atoms with Gasteiger partial charge in [-0.15, -0.1) is 0 Å². The highest BCUT2D eigenvalue weighted by Crippen LogP contribution is 2.28. The summed E-state index contributed by atoms with van der Waals surface area (Å²) in [4.78, 5) is 11.6. The number of hydrogen-bond acceptors (Lipinski definition) is 5. The average Bonchev–Trinajstić information content (AvgIpc) is 2.75. The molecule has 0 bridgehead atoms. The van der Waals surface area contributed by atoms with Crippen LogP contribution in [0.25, 0.3) is 11.3 Å². The number of hydrogen-bond donors (Lipinski definition) is 1. The van der Waals surface area contributed by atoms with Gasteiger partial charge in [-0.3, -0.25) is 0 Å². The molecule has 0 aliphatic carbocycles. The Morgan fingerprint density at radius 2 is 2.00 bits per heavy atom. The van der Waals surface area contributed by atoms with Crippen LogP contribution in [-0.4, -0.2) is 18.2 Å². The zero-order valence-electron chi connectivity index (χ0n) is 10.5. The van der Waals surface area contributed by atoms with Crippen molar-refractivity contribution in [1.82, 2.24) is 5.16 Å². The van der Waals surface area contributed by atoms with Crippen molar-refractivity contribution in [2.75, 3.05) is 12.8 Å². The monoisotopic (exact) mass is 246 g/mol. The quantitative estimate of drug-likeness (QED) is 0.823. The van der Waals surface area contributed by atoms with Crippen molar-refractivity contribution < 1.29 is 14.1 Å². The van der Waals surface area contributed by atoms with Crippen LogP contribution in [-0.2, 0) is 4.74 Å². The summed E-state index contributed by atoms with van der Waals surface area (Å²) < 4.78 is 9.86. The summed E-state index contributed by atoms with van der Waals surface area (Å²) in [6.45, 7) is 3.79. The van der Waals surface area contributed by atoms with Crippen LogP contribution in [0.15, 0.2) is 22.7 Å². The van der Waals surface area contributed by atoms with Gasteiger partial charge in [0, 0.05) is 11.6 Å². The number of benzene rings is 1. The molecule has 0 aliphatic rings. The van der Waals surface area contributed by atoms with Gasteiger partial charge in [0.05, 0.1) is 12.7 Å². The second kappa shape index (κ2) is 4.52. The van der Waals surface area contributed by atoms with Crippen molar-refractivity contribution in [3.8, 4) is 11.3 Å². The third-order valence-electron chi connectivity index (χ3n) is 2.77. The summed E-state index contributed by atoms with van der Waals surface area (Å²) in [6.07, 6.45) is 0. The molecule has 2 aromatic rings. The van der Waals surface area contributed by atoms with E-state index in [-0.39, 0.29) is 5.97 Å². The summed E-state index contributed by atoms with van der Waals surface area (Å²) in [5.41, 5.74) is 8.65. The Balaban J connectivity index is 2.58. The van der Waals surface area contributed by atoms with Crippen molar-refractivity contribution in [2.24, 2.45) is 0 Å². The third kappa shape index (κ3) is 2.07. The van der Waals surface area contributed by atoms with Gasteiger partial charge in [-0.1, -0.05) is 11.2 Å². The predicted octanol–water partition coefficient (Wildman–Crippen LogP) is 2.33. The highest BCUT2D eigenvalue weighted by Gasteiger charge is 2.15. The lowest BCUT2D eigenvalue weighted by molar-refractivity contribution is 0.0600. The molecule has 0 fully saturated rings. The number of ether oxygens (including phenoxy) is 1. The van der Waals surface area contributed by atoms with Crippen LogP contribution < -0.4 is 5.73 Å². The molecule has 1 aromatic heterocycles. The number of methoxy groups -OCH3 is 1. The van der Waals surface area contributed by atoms with Gasteiger partial charge in [-0.2, -0.15) is 0 Å². The van der Waals surface area contributed by atoms with Crippen LogP contribution in [0.1, 0.15) is 21.5 Å². The van der Waals surface area contributed by atoms with Crippen LogP contribution in [0.5, 0.6) is 0 Å². The first-order valence-electron chi connectivity index (χ1n) is 5.45. The van der Waals surface area contributed by atoms with Crippen molar-refractivity contribution in [2.45, 2.75) is 13.8 Å². The van der Waals surface area contributed by atoms with Crippen LogP contribution in [0.4, 0.5) is 5.82 Å². The molecule has 5 heteroatoms. The molecular weight excluding hydrogens is 232 g/mol. The van der Waals surface area contributed by atoms with E-state index in [1.54, 1.807) is 12.1 Å². The first-order chi connectivity index (χ1) is 8.52. The van der Waals surface area contributed by atoms with E-state index in [1.165, 1.54) is 7.11 Å². The lowest BCUT2D eigenvalue weighted by atomic mass is 9.98. The first-order valence-corrected chi connectivity index (χ1v) is 5.45. The molecule has 2 N–H and O–H groups in total. The Bertz CT molecular complexity index is 602. The number of esters is 1. The minimum Gasteiger partial charge on any atom is -0.465 e. The molecule has 0 saturated heterocycles. The van der Waals surface area contributed by atoms with Gasteiger partial charge in [0.2, 0.25) is 0 Å². The number of nitrogen functional groups attached to an aromatic ring is 1. The van der Waals surface area contributed by atoms with E-state index in [1.807, 2.05) is 19.9 Å². The van der Waals surface area contributed by atoms with E-state index in [9.17, 15) is 4.79 Å². The Kier molecular flexibility index (Phi) is 3.06. The lowest BCUT2D eigenvalue weighted by Crippen LogP contribution is -2.04. The molecule has 0 atom stereocenters. The van der Waals surface area contributed by atoms with E-state index in [4.69, 9.17) is 15.0 Å². The summed E-state index contributed by atoms with van der Waals surface area (Å²) in [6, 6.07) is 5.26. The molecule has 5 nitrogen and oxygen atoms in total. The fourth-order valence-electron chi connectivity index (χ4n) is 1.86. The number of carbonyl (C=O) groups excluding carboxylic acids is 1. The standard InChI is InChI=1S/C13H14N2O3/c1-7-4-8(2)10(13(16)17-3)5-9(7)11-6-12(14)15-18-11/h4-6H,1-3H3,(H2,14,15). The highest BCUT2D eigenvalue weighted by atomic mass is 16.5. The SMILES string of the molecule is COC(=O)c1cc(-c2cc(N)no2)c(C)cc1C. The molecule has 0 unspecified atom stereocenters. The largest absolute Gasteiger partial charge is 0.465 e. The maximum atomic E-state index is 11.6. The number of rotatable bonds is 2. The molecule has 0 radical (unpaired) electrons. The second-order valence-electron chi connectivity index (χ2n) is 4.09. The molecule has 0 aliphatic heterocycles. The molecule has 0 amide bonds. The first kappa shape index (κ1) is 12.2. The highest BCUT2D eigenvalue weighted by molar-refractivity contribution is 5.92. The number of aryl methyl sites for hydroxylation is 2. The van der Waals surface area contributed by atoms with Gasteiger partial charge < -0.3 is 15.0 Å². The number of anilines is 1. The van der Waals surface area contributed by atoms with Gasteiger partial charge in [0.15, 0.2) is 11.6 Å².